The first kappa shape index (κ1) is 22.3. The van der Waals surface area contributed by atoms with Crippen molar-refractivity contribution in [2.24, 2.45) is 5.73 Å². The molecule has 1 rings (SSSR count). The Balaban J connectivity index is 3.04. The minimum Gasteiger partial charge on any atom is -0.425 e. The number of nitrogens with two attached hydrogens (primary N) is 1. The summed E-state index contributed by atoms with van der Waals surface area (Å²) in [7, 11) is 0. The molecule has 5 nitrogen and oxygen atoms in total. The molecule has 0 aliphatic heterocycles. The quantitative estimate of drug-likeness (QED) is 0.621. The van der Waals surface area contributed by atoms with Crippen LogP contribution in [0.25, 0.3) is 0 Å². The van der Waals surface area contributed by atoms with E-state index >= 15 is 0 Å². The topological polar surface area (TPSA) is 73.6 Å². The maximum absolute atomic E-state index is 13.5. The second-order valence-corrected chi connectivity index (χ2v) is 5.18. The first-order valence-electron chi connectivity index (χ1n) is 5.95. The number of carbonyl (C=O) groups is 1. The molecule has 2 amide bonds. The molecule has 0 fully saturated rings. The lowest BCUT2D eigenvalue weighted by molar-refractivity contribution is -0.442. The number of anilines is 1. The molecular weight excluding hydrogens is 431 g/mol. The maximum Gasteiger partial charge on any atom is 0.483 e. The largest absolute Gasteiger partial charge is 0.483 e. The van der Waals surface area contributed by atoms with Gasteiger partial charge in [0.05, 0.1) is 10.0 Å². The normalized spacial score (nSPS) is 14.1. The summed E-state index contributed by atoms with van der Waals surface area (Å²) in [4.78, 5) is 10.7. The molecule has 0 aromatic heterocycles. The number of benzene rings is 1. The van der Waals surface area contributed by atoms with Gasteiger partial charge in [-0.25, -0.2) is 9.18 Å². The summed E-state index contributed by atoms with van der Waals surface area (Å²) in [5, 5.41) is 0.387. The highest BCUT2D eigenvalue weighted by atomic mass is 35.5. The fourth-order valence-electron chi connectivity index (χ4n) is 1.32. The van der Waals surface area contributed by atoms with Gasteiger partial charge >= 0.3 is 30.8 Å². The smallest absolute Gasteiger partial charge is 0.425 e. The Morgan fingerprint density at radius 3 is 1.92 bits per heavy atom. The van der Waals surface area contributed by atoms with Crippen molar-refractivity contribution in [3.63, 3.8) is 0 Å². The summed E-state index contributed by atoms with van der Waals surface area (Å²) in [5.41, 5.74) is 4.57. The molecule has 1 unspecified atom stereocenters. The highest BCUT2D eigenvalue weighted by Crippen LogP contribution is 2.43. The zero-order valence-corrected chi connectivity index (χ0v) is 13.3. The zero-order valence-electron chi connectivity index (χ0n) is 11.8. The summed E-state index contributed by atoms with van der Waals surface area (Å²) in [6.07, 6.45) is -22.6. The number of primary amides is 1. The van der Waals surface area contributed by atoms with E-state index in [1.54, 1.807) is 0 Å². The van der Waals surface area contributed by atoms with Crippen molar-refractivity contribution in [1.82, 2.24) is 0 Å². The van der Waals surface area contributed by atoms with Gasteiger partial charge in [-0.3, -0.25) is 4.74 Å². The Bertz CT molecular complexity index is 663. The Morgan fingerprint density at radius 1 is 1.08 bits per heavy atom. The Morgan fingerprint density at radius 2 is 1.54 bits per heavy atom. The monoisotopic (exact) mass is 436 g/mol. The first-order valence-corrected chi connectivity index (χ1v) is 6.71. The summed E-state index contributed by atoms with van der Waals surface area (Å²) in [6.45, 7) is 0. The molecule has 0 spiro atoms. The number of carbonyl (C=O) groups excluding carboxylic acids is 1. The van der Waals surface area contributed by atoms with Gasteiger partial charge in [0, 0.05) is 5.69 Å². The van der Waals surface area contributed by atoms with Crippen molar-refractivity contribution in [3.05, 3.63) is 22.2 Å². The molecule has 0 aliphatic carbocycles. The molecule has 0 bridgehead atoms. The lowest BCUT2D eigenvalue weighted by Crippen LogP contribution is -2.48. The molecular formula is C11H6Cl2F8N2O3. The number of alkyl halides is 8. The van der Waals surface area contributed by atoms with Crippen molar-refractivity contribution in [3.8, 4) is 5.75 Å². The van der Waals surface area contributed by atoms with Crippen molar-refractivity contribution in [2.45, 2.75) is 24.8 Å². The third-order valence-electron chi connectivity index (χ3n) is 2.35. The van der Waals surface area contributed by atoms with Crippen molar-refractivity contribution < 1.29 is 49.4 Å². The van der Waals surface area contributed by atoms with E-state index in [0.29, 0.717) is 0 Å². The number of nitrogens with one attached hydrogen (secondary N) is 1. The third kappa shape index (κ3) is 5.38. The number of amides is 2. The van der Waals surface area contributed by atoms with E-state index in [-0.39, 0.29) is 5.69 Å². The van der Waals surface area contributed by atoms with Crippen LogP contribution in [0.3, 0.4) is 0 Å². The van der Waals surface area contributed by atoms with Crippen LogP contribution in [0.4, 0.5) is 45.6 Å². The van der Waals surface area contributed by atoms with Gasteiger partial charge in [-0.15, -0.1) is 0 Å². The Hall–Kier alpha value is -1.73. The standard InChI is InChI=1S/C11H6Cl2F8N2O3/c12-4-1-3(23-8(22)24)2-5(13)6(4)25-9(15,16)7(14)26-11(20,21)10(17,18)19/h1-2,7H,(H3,22,23,24). The van der Waals surface area contributed by atoms with Crippen LogP contribution in [0.1, 0.15) is 0 Å². The molecule has 1 aromatic carbocycles. The highest BCUT2D eigenvalue weighted by Gasteiger charge is 2.64. The predicted octanol–water partition coefficient (Wildman–Crippen LogP) is 4.92. The number of halogens is 10. The van der Waals surface area contributed by atoms with Crippen LogP contribution in [0.15, 0.2) is 12.1 Å². The van der Waals surface area contributed by atoms with Gasteiger partial charge in [0.25, 0.3) is 0 Å². The van der Waals surface area contributed by atoms with Gasteiger partial charge in [-0.05, 0) is 12.1 Å². The summed E-state index contributed by atoms with van der Waals surface area (Å²) >= 11 is 11.0. The number of urea groups is 1. The number of hydrogen-bond acceptors (Lipinski definition) is 3. The first-order chi connectivity index (χ1) is 11.6. The lowest BCUT2D eigenvalue weighted by Gasteiger charge is -2.26. The third-order valence-corrected chi connectivity index (χ3v) is 2.91. The van der Waals surface area contributed by atoms with Crippen LogP contribution in [0.2, 0.25) is 10.0 Å². The van der Waals surface area contributed by atoms with Gasteiger partial charge in [0.2, 0.25) is 0 Å². The van der Waals surface area contributed by atoms with Crippen LogP contribution in [0, 0.1) is 0 Å². The van der Waals surface area contributed by atoms with Crippen LogP contribution in [0.5, 0.6) is 5.75 Å². The van der Waals surface area contributed by atoms with Crippen LogP contribution >= 0.6 is 23.2 Å². The van der Waals surface area contributed by atoms with E-state index in [9.17, 15) is 39.9 Å². The fourth-order valence-corrected chi connectivity index (χ4v) is 1.88. The molecule has 1 aromatic rings. The average molecular weight is 437 g/mol. The summed E-state index contributed by atoms with van der Waals surface area (Å²) < 4.78 is 107. The molecule has 3 N–H and O–H groups in total. The second-order valence-electron chi connectivity index (χ2n) is 4.37. The van der Waals surface area contributed by atoms with E-state index < -0.39 is 46.6 Å². The Labute approximate surface area is 148 Å². The molecule has 15 heteroatoms. The van der Waals surface area contributed by atoms with Crippen LogP contribution < -0.4 is 15.8 Å². The summed E-state index contributed by atoms with van der Waals surface area (Å²) in [5.74, 6) is -1.19. The van der Waals surface area contributed by atoms with E-state index in [2.05, 4.69) is 9.47 Å². The van der Waals surface area contributed by atoms with Crippen molar-refractivity contribution in [2.75, 3.05) is 5.32 Å². The average Bonchev–Trinajstić information content (AvgIpc) is 2.40. The number of ether oxygens (including phenoxy) is 2. The number of rotatable bonds is 6. The van der Waals surface area contributed by atoms with Gasteiger partial charge < -0.3 is 15.8 Å². The molecule has 26 heavy (non-hydrogen) atoms. The Kier molecular flexibility index (Phi) is 6.42. The molecule has 148 valence electrons. The molecule has 0 heterocycles. The van der Waals surface area contributed by atoms with E-state index in [4.69, 9.17) is 28.9 Å². The molecule has 0 saturated heterocycles. The fraction of sp³-hybridized carbons (Fsp3) is 0.364. The van der Waals surface area contributed by atoms with Crippen molar-refractivity contribution >= 4 is 34.9 Å². The molecule has 0 saturated carbocycles. The van der Waals surface area contributed by atoms with Crippen LogP contribution in [-0.4, -0.2) is 30.8 Å². The van der Waals surface area contributed by atoms with E-state index in [1.165, 1.54) is 0 Å². The predicted molar refractivity (Wildman–Crippen MR) is 72.2 cm³/mol. The molecule has 0 radical (unpaired) electrons. The van der Waals surface area contributed by atoms with Gasteiger partial charge in [0.15, 0.2) is 5.75 Å². The minimum absolute atomic E-state index is 0.209. The minimum atomic E-state index is -6.45. The SMILES string of the molecule is NC(=O)Nc1cc(Cl)c(OC(F)(F)C(F)OC(F)(F)C(F)(F)F)c(Cl)c1. The van der Waals surface area contributed by atoms with Crippen molar-refractivity contribution in [1.29, 1.82) is 0 Å². The van der Waals surface area contributed by atoms with E-state index in [1.807, 2.05) is 5.32 Å². The summed E-state index contributed by atoms with van der Waals surface area (Å²) in [6, 6.07) is 0.409. The van der Waals surface area contributed by atoms with Gasteiger partial charge in [-0.1, -0.05) is 23.2 Å². The lowest BCUT2D eigenvalue weighted by atomic mass is 10.3. The molecule has 0 aliphatic rings. The number of hydrogen-bond donors (Lipinski definition) is 2. The zero-order chi connectivity index (χ0) is 20.5. The highest BCUT2D eigenvalue weighted by molar-refractivity contribution is 6.37. The van der Waals surface area contributed by atoms with E-state index in [0.717, 1.165) is 12.1 Å². The second kappa shape index (κ2) is 7.48. The van der Waals surface area contributed by atoms with Gasteiger partial charge in [0.1, 0.15) is 0 Å². The van der Waals surface area contributed by atoms with Gasteiger partial charge in [-0.2, -0.15) is 30.7 Å². The van der Waals surface area contributed by atoms with Crippen LogP contribution in [-0.2, 0) is 4.74 Å². The maximum atomic E-state index is 13.5. The molecule has 1 atom stereocenters.